The van der Waals surface area contributed by atoms with Crippen molar-refractivity contribution in [3.8, 4) is 11.5 Å². The standard InChI is InChI=1S/C14H18N2O4/c1-18-12-5-9-8(4-10(15)14(17)20-3)7-16-11(9)6-13(12)19-2/h5-7,10,16H,4,15H2,1-3H3/t10-/m0/s1. The largest absolute Gasteiger partial charge is 0.493 e. The Labute approximate surface area is 116 Å². The van der Waals surface area contributed by atoms with Crippen LogP contribution in [0.5, 0.6) is 11.5 Å². The molecule has 0 spiro atoms. The summed E-state index contributed by atoms with van der Waals surface area (Å²) in [6.45, 7) is 0. The first kappa shape index (κ1) is 14.2. The molecule has 108 valence electrons. The molecule has 2 rings (SSSR count). The molecule has 0 aliphatic heterocycles. The monoisotopic (exact) mass is 278 g/mol. The molecule has 0 fully saturated rings. The van der Waals surface area contributed by atoms with Gasteiger partial charge in [0.2, 0.25) is 0 Å². The minimum absolute atomic E-state index is 0.391. The average molecular weight is 278 g/mol. The molecule has 0 aliphatic carbocycles. The molecular weight excluding hydrogens is 260 g/mol. The number of hydrogen-bond acceptors (Lipinski definition) is 5. The first-order valence-corrected chi connectivity index (χ1v) is 6.16. The van der Waals surface area contributed by atoms with Gasteiger partial charge in [-0.15, -0.1) is 0 Å². The SMILES string of the molecule is COC(=O)[C@@H](N)Cc1c[nH]c2cc(OC)c(OC)cc12. The molecule has 0 saturated heterocycles. The van der Waals surface area contributed by atoms with E-state index in [2.05, 4.69) is 9.72 Å². The minimum Gasteiger partial charge on any atom is -0.493 e. The molecule has 6 heteroatoms. The van der Waals surface area contributed by atoms with Crippen LogP contribution in [-0.4, -0.2) is 38.3 Å². The molecule has 6 nitrogen and oxygen atoms in total. The predicted octanol–water partition coefficient (Wildman–Crippen LogP) is 1.23. The fraction of sp³-hybridized carbons (Fsp3) is 0.357. The van der Waals surface area contributed by atoms with E-state index in [1.807, 2.05) is 18.3 Å². The van der Waals surface area contributed by atoms with Gasteiger partial charge in [0, 0.05) is 29.6 Å². The molecule has 1 aromatic heterocycles. The molecule has 0 aliphatic rings. The smallest absolute Gasteiger partial charge is 0.322 e. The second-order valence-electron chi connectivity index (χ2n) is 4.40. The van der Waals surface area contributed by atoms with E-state index in [-0.39, 0.29) is 0 Å². The number of ether oxygens (including phenoxy) is 3. The number of nitrogens with two attached hydrogens (primary N) is 1. The highest BCUT2D eigenvalue weighted by Crippen LogP contribution is 2.33. The van der Waals surface area contributed by atoms with Crippen LogP contribution in [0.4, 0.5) is 0 Å². The summed E-state index contributed by atoms with van der Waals surface area (Å²) in [5.41, 5.74) is 7.62. The zero-order valence-electron chi connectivity index (χ0n) is 11.7. The summed E-state index contributed by atoms with van der Waals surface area (Å²) in [5, 5.41) is 0.946. The van der Waals surface area contributed by atoms with Crippen LogP contribution in [0.3, 0.4) is 0 Å². The Morgan fingerprint density at radius 2 is 1.90 bits per heavy atom. The average Bonchev–Trinajstić information content (AvgIpc) is 2.86. The lowest BCUT2D eigenvalue weighted by Crippen LogP contribution is -2.33. The van der Waals surface area contributed by atoms with Crippen LogP contribution in [0.15, 0.2) is 18.3 Å². The molecule has 1 aromatic carbocycles. The number of carbonyl (C=O) groups is 1. The number of H-pyrrole nitrogens is 1. The Morgan fingerprint density at radius 1 is 1.25 bits per heavy atom. The van der Waals surface area contributed by atoms with E-state index in [1.54, 1.807) is 14.2 Å². The lowest BCUT2D eigenvalue weighted by Gasteiger charge is -2.10. The summed E-state index contributed by atoms with van der Waals surface area (Å²) in [6.07, 6.45) is 2.22. The van der Waals surface area contributed by atoms with E-state index in [1.165, 1.54) is 7.11 Å². The van der Waals surface area contributed by atoms with Gasteiger partial charge in [-0.3, -0.25) is 4.79 Å². The molecule has 0 amide bonds. The van der Waals surface area contributed by atoms with E-state index in [0.29, 0.717) is 17.9 Å². The van der Waals surface area contributed by atoms with Crippen molar-refractivity contribution in [3.05, 3.63) is 23.9 Å². The van der Waals surface area contributed by atoms with Crippen molar-refractivity contribution in [2.45, 2.75) is 12.5 Å². The van der Waals surface area contributed by atoms with E-state index in [0.717, 1.165) is 16.5 Å². The Bertz CT molecular complexity index is 621. The number of nitrogens with one attached hydrogen (secondary N) is 1. The highest BCUT2D eigenvalue weighted by Gasteiger charge is 2.17. The third-order valence-corrected chi connectivity index (χ3v) is 3.22. The van der Waals surface area contributed by atoms with Crippen molar-refractivity contribution in [3.63, 3.8) is 0 Å². The minimum atomic E-state index is -0.688. The van der Waals surface area contributed by atoms with Gasteiger partial charge in [-0.05, 0) is 11.6 Å². The third-order valence-electron chi connectivity index (χ3n) is 3.22. The maximum Gasteiger partial charge on any atom is 0.322 e. The zero-order valence-corrected chi connectivity index (χ0v) is 11.7. The molecular formula is C14H18N2O4. The highest BCUT2D eigenvalue weighted by atomic mass is 16.5. The van der Waals surface area contributed by atoms with Crippen molar-refractivity contribution in [1.82, 2.24) is 4.98 Å². The Hall–Kier alpha value is -2.21. The van der Waals surface area contributed by atoms with Crippen LogP contribution < -0.4 is 15.2 Å². The van der Waals surface area contributed by atoms with Crippen LogP contribution in [0.25, 0.3) is 10.9 Å². The quantitative estimate of drug-likeness (QED) is 0.803. The maximum atomic E-state index is 11.4. The highest BCUT2D eigenvalue weighted by molar-refractivity contribution is 5.87. The molecule has 20 heavy (non-hydrogen) atoms. The number of aromatic amines is 1. The lowest BCUT2D eigenvalue weighted by atomic mass is 10.1. The first-order chi connectivity index (χ1) is 9.60. The van der Waals surface area contributed by atoms with Crippen LogP contribution in [0.1, 0.15) is 5.56 Å². The van der Waals surface area contributed by atoms with Gasteiger partial charge >= 0.3 is 5.97 Å². The second-order valence-corrected chi connectivity index (χ2v) is 4.40. The summed E-state index contributed by atoms with van der Waals surface area (Å²) in [6, 6.07) is 3.03. The number of methoxy groups -OCH3 is 3. The summed E-state index contributed by atoms with van der Waals surface area (Å²) < 4.78 is 15.2. The van der Waals surface area contributed by atoms with Gasteiger partial charge in [-0.1, -0.05) is 0 Å². The lowest BCUT2D eigenvalue weighted by molar-refractivity contribution is -0.142. The van der Waals surface area contributed by atoms with Crippen molar-refractivity contribution < 1.29 is 19.0 Å². The number of benzene rings is 1. The van der Waals surface area contributed by atoms with E-state index in [9.17, 15) is 4.79 Å². The van der Waals surface area contributed by atoms with Gasteiger partial charge in [0.25, 0.3) is 0 Å². The van der Waals surface area contributed by atoms with Crippen molar-refractivity contribution in [2.24, 2.45) is 5.73 Å². The van der Waals surface area contributed by atoms with Gasteiger partial charge in [-0.25, -0.2) is 0 Å². The maximum absolute atomic E-state index is 11.4. The van der Waals surface area contributed by atoms with E-state index >= 15 is 0 Å². The zero-order chi connectivity index (χ0) is 14.7. The topological polar surface area (TPSA) is 86.6 Å². The molecule has 0 unspecified atom stereocenters. The number of carbonyl (C=O) groups excluding carboxylic acids is 1. The van der Waals surface area contributed by atoms with Gasteiger partial charge in [0.1, 0.15) is 6.04 Å². The normalized spacial score (nSPS) is 12.2. The Kier molecular flexibility index (Phi) is 4.14. The molecule has 0 bridgehead atoms. The Balaban J connectivity index is 2.38. The van der Waals surface area contributed by atoms with Crippen LogP contribution >= 0.6 is 0 Å². The number of esters is 1. The molecule has 0 saturated carbocycles. The Morgan fingerprint density at radius 3 is 2.50 bits per heavy atom. The van der Waals surface area contributed by atoms with Crippen molar-refractivity contribution in [2.75, 3.05) is 21.3 Å². The van der Waals surface area contributed by atoms with Crippen LogP contribution in [0, 0.1) is 0 Å². The van der Waals surface area contributed by atoms with Gasteiger partial charge in [0.15, 0.2) is 11.5 Å². The molecule has 1 heterocycles. The summed E-state index contributed by atoms with van der Waals surface area (Å²) in [7, 11) is 4.49. The number of fused-ring (bicyclic) bond motifs is 1. The van der Waals surface area contributed by atoms with Gasteiger partial charge in [-0.2, -0.15) is 0 Å². The summed E-state index contributed by atoms with van der Waals surface area (Å²) in [4.78, 5) is 14.5. The summed E-state index contributed by atoms with van der Waals surface area (Å²) in [5.74, 6) is 0.845. The molecule has 0 radical (unpaired) electrons. The van der Waals surface area contributed by atoms with Gasteiger partial charge in [0.05, 0.1) is 21.3 Å². The van der Waals surface area contributed by atoms with Crippen LogP contribution in [0.2, 0.25) is 0 Å². The van der Waals surface area contributed by atoms with E-state index < -0.39 is 12.0 Å². The van der Waals surface area contributed by atoms with Crippen molar-refractivity contribution >= 4 is 16.9 Å². The summed E-state index contributed by atoms with van der Waals surface area (Å²) >= 11 is 0. The number of hydrogen-bond donors (Lipinski definition) is 2. The van der Waals surface area contributed by atoms with Crippen LogP contribution in [-0.2, 0) is 16.0 Å². The molecule has 1 atom stereocenters. The fourth-order valence-electron chi connectivity index (χ4n) is 2.15. The van der Waals surface area contributed by atoms with E-state index in [4.69, 9.17) is 15.2 Å². The van der Waals surface area contributed by atoms with Gasteiger partial charge < -0.3 is 24.9 Å². The number of rotatable bonds is 5. The fourth-order valence-corrected chi connectivity index (χ4v) is 2.15. The molecule has 3 N–H and O–H groups in total. The predicted molar refractivity (Wildman–Crippen MR) is 75.1 cm³/mol. The first-order valence-electron chi connectivity index (χ1n) is 6.16. The van der Waals surface area contributed by atoms with Crippen molar-refractivity contribution in [1.29, 1.82) is 0 Å². The second kappa shape index (κ2) is 5.83. The molecule has 2 aromatic rings. The number of aromatic nitrogens is 1. The third kappa shape index (κ3) is 2.55.